The number of carbonyl (C=O) groups excluding carboxylic acids is 1. The van der Waals surface area contributed by atoms with Gasteiger partial charge in [0, 0.05) is 19.0 Å². The Kier molecular flexibility index (Phi) is 4.27. The number of fused-ring (bicyclic) bond motifs is 3. The van der Waals surface area contributed by atoms with Crippen LogP contribution in [0.15, 0.2) is 9.95 Å². The lowest BCUT2D eigenvalue weighted by atomic mass is 9.97. The number of carbonyl (C=O) groups is 1. The van der Waals surface area contributed by atoms with Crippen molar-refractivity contribution in [2.24, 2.45) is 0 Å². The highest BCUT2D eigenvalue weighted by atomic mass is 32.2. The summed E-state index contributed by atoms with van der Waals surface area (Å²) in [6, 6.07) is 0. The molecule has 2 aromatic rings. The summed E-state index contributed by atoms with van der Waals surface area (Å²) in [5, 5.41) is 1.01. The first kappa shape index (κ1) is 15.6. The minimum Gasteiger partial charge on any atom is -0.348 e. The zero-order valence-electron chi connectivity index (χ0n) is 12.9. The molecule has 1 N–H and O–H groups in total. The van der Waals surface area contributed by atoms with Crippen molar-refractivity contribution in [1.29, 1.82) is 0 Å². The number of aromatic nitrogens is 2. The van der Waals surface area contributed by atoms with Gasteiger partial charge in [0.05, 0.1) is 10.6 Å². The number of aromatic amines is 1. The Balaban J connectivity index is 1.96. The monoisotopic (exact) mass is 337 g/mol. The van der Waals surface area contributed by atoms with E-state index in [9.17, 15) is 9.59 Å². The highest BCUT2D eigenvalue weighted by Gasteiger charge is 2.22. The fourth-order valence-electron chi connectivity index (χ4n) is 2.78. The maximum absolute atomic E-state index is 12.4. The number of rotatable bonds is 3. The van der Waals surface area contributed by atoms with Crippen molar-refractivity contribution < 1.29 is 4.79 Å². The third-order valence-electron chi connectivity index (χ3n) is 3.88. The Bertz CT molecular complexity index is 779. The molecule has 118 valence electrons. The summed E-state index contributed by atoms with van der Waals surface area (Å²) in [5.74, 6) is 0.0122. The highest BCUT2D eigenvalue weighted by Crippen LogP contribution is 2.34. The molecule has 0 saturated carbocycles. The molecule has 2 aromatic heterocycles. The van der Waals surface area contributed by atoms with Crippen LogP contribution in [0.1, 0.15) is 30.2 Å². The van der Waals surface area contributed by atoms with Gasteiger partial charge in [-0.1, -0.05) is 11.8 Å². The largest absolute Gasteiger partial charge is 0.348 e. The van der Waals surface area contributed by atoms with Gasteiger partial charge in [-0.25, -0.2) is 4.98 Å². The molecular formula is C15H19N3O2S2. The third-order valence-corrected chi connectivity index (χ3v) is 6.04. The van der Waals surface area contributed by atoms with E-state index < -0.39 is 0 Å². The summed E-state index contributed by atoms with van der Waals surface area (Å²) in [5.41, 5.74) is 1.12. The molecule has 0 bridgehead atoms. The van der Waals surface area contributed by atoms with E-state index in [0.29, 0.717) is 5.16 Å². The maximum Gasteiger partial charge on any atom is 0.260 e. The molecule has 1 aliphatic rings. The SMILES string of the molecule is C[C@H](Sc1nc2sc3c(c2c(=O)[nH]1)CCCC3)C(=O)N(C)C. The topological polar surface area (TPSA) is 66.1 Å². The van der Waals surface area contributed by atoms with E-state index in [2.05, 4.69) is 9.97 Å². The van der Waals surface area contributed by atoms with E-state index in [1.807, 2.05) is 6.92 Å². The van der Waals surface area contributed by atoms with Gasteiger partial charge in [0.2, 0.25) is 5.91 Å². The number of thiophene rings is 1. The molecule has 0 radical (unpaired) electrons. The van der Waals surface area contributed by atoms with Gasteiger partial charge in [0.25, 0.3) is 5.56 Å². The van der Waals surface area contributed by atoms with Crippen molar-refractivity contribution in [1.82, 2.24) is 14.9 Å². The van der Waals surface area contributed by atoms with Gasteiger partial charge < -0.3 is 9.88 Å². The number of nitrogens with one attached hydrogen (secondary N) is 1. The standard InChI is InChI=1S/C15H19N3O2S2/c1-8(14(20)18(2)3)21-15-16-12(19)11-9-6-4-5-7-10(9)22-13(11)17-15/h8H,4-7H2,1-3H3,(H,16,17,19)/t8-/m0/s1. The summed E-state index contributed by atoms with van der Waals surface area (Å²) >= 11 is 2.93. The van der Waals surface area contributed by atoms with E-state index in [0.717, 1.165) is 29.5 Å². The van der Waals surface area contributed by atoms with Crippen LogP contribution in [-0.4, -0.2) is 40.1 Å². The lowest BCUT2D eigenvalue weighted by Crippen LogP contribution is -2.30. The molecule has 5 nitrogen and oxygen atoms in total. The number of hydrogen-bond acceptors (Lipinski definition) is 5. The van der Waals surface area contributed by atoms with Gasteiger partial charge in [-0.2, -0.15) is 0 Å². The first-order valence-electron chi connectivity index (χ1n) is 7.39. The third kappa shape index (κ3) is 2.79. The quantitative estimate of drug-likeness (QED) is 0.690. The molecule has 3 rings (SSSR count). The number of thioether (sulfide) groups is 1. The molecule has 22 heavy (non-hydrogen) atoms. The summed E-state index contributed by atoms with van der Waals surface area (Å²) in [4.78, 5) is 35.5. The summed E-state index contributed by atoms with van der Waals surface area (Å²) in [6.07, 6.45) is 4.35. The number of amides is 1. The van der Waals surface area contributed by atoms with E-state index in [1.165, 1.54) is 28.6 Å². The average Bonchev–Trinajstić information content (AvgIpc) is 2.84. The van der Waals surface area contributed by atoms with Gasteiger partial charge >= 0.3 is 0 Å². The number of nitrogens with zero attached hydrogens (tertiary/aromatic N) is 2. The molecule has 0 fully saturated rings. The van der Waals surface area contributed by atoms with Gasteiger partial charge in [-0.3, -0.25) is 9.59 Å². The van der Waals surface area contributed by atoms with Crippen LogP contribution in [0.4, 0.5) is 0 Å². The Labute approximate surface area is 137 Å². The predicted octanol–water partition coefficient (Wildman–Crippen LogP) is 2.43. The molecule has 1 atom stereocenters. The molecule has 0 spiro atoms. The van der Waals surface area contributed by atoms with Gasteiger partial charge in [0.15, 0.2) is 5.16 Å². The van der Waals surface area contributed by atoms with E-state index in [4.69, 9.17) is 0 Å². The smallest absolute Gasteiger partial charge is 0.260 e. The zero-order chi connectivity index (χ0) is 15.9. The Hall–Kier alpha value is -1.34. The molecule has 2 heterocycles. The average molecular weight is 337 g/mol. The normalized spacial score (nSPS) is 15.6. The molecule has 7 heteroatoms. The lowest BCUT2D eigenvalue weighted by molar-refractivity contribution is -0.127. The second-order valence-corrected chi connectivity index (χ2v) is 8.17. The van der Waals surface area contributed by atoms with E-state index in [1.54, 1.807) is 30.3 Å². The molecule has 1 amide bonds. The first-order valence-corrected chi connectivity index (χ1v) is 9.09. The minimum absolute atomic E-state index is 0.0122. The summed E-state index contributed by atoms with van der Waals surface area (Å²) in [6.45, 7) is 1.83. The Morgan fingerprint density at radius 1 is 1.36 bits per heavy atom. The molecule has 1 aliphatic carbocycles. The van der Waals surface area contributed by atoms with Crippen LogP contribution in [0.3, 0.4) is 0 Å². The maximum atomic E-state index is 12.4. The Morgan fingerprint density at radius 3 is 2.82 bits per heavy atom. The van der Waals surface area contributed by atoms with Crippen LogP contribution in [0.25, 0.3) is 10.2 Å². The van der Waals surface area contributed by atoms with Crippen LogP contribution in [0, 0.1) is 0 Å². The van der Waals surface area contributed by atoms with Crippen molar-refractivity contribution >= 4 is 39.2 Å². The number of H-pyrrole nitrogens is 1. The van der Waals surface area contributed by atoms with Crippen LogP contribution in [0.2, 0.25) is 0 Å². The fraction of sp³-hybridized carbons (Fsp3) is 0.533. The van der Waals surface area contributed by atoms with Gasteiger partial charge in [-0.15, -0.1) is 11.3 Å². The minimum atomic E-state index is -0.273. The number of aryl methyl sites for hydroxylation is 2. The molecule has 0 aromatic carbocycles. The van der Waals surface area contributed by atoms with Crippen molar-refractivity contribution in [3.05, 3.63) is 20.8 Å². The predicted molar refractivity (Wildman–Crippen MR) is 90.9 cm³/mol. The highest BCUT2D eigenvalue weighted by molar-refractivity contribution is 8.00. The Morgan fingerprint density at radius 2 is 2.09 bits per heavy atom. The molecular weight excluding hydrogens is 318 g/mol. The van der Waals surface area contributed by atoms with Crippen LogP contribution >= 0.6 is 23.1 Å². The number of hydrogen-bond donors (Lipinski definition) is 1. The summed E-state index contributed by atoms with van der Waals surface area (Å²) < 4.78 is 0. The first-order chi connectivity index (χ1) is 10.5. The second kappa shape index (κ2) is 6.04. The molecule has 0 unspecified atom stereocenters. The van der Waals surface area contributed by atoms with Crippen molar-refractivity contribution in [3.8, 4) is 0 Å². The van der Waals surface area contributed by atoms with Crippen molar-refractivity contribution in [2.45, 2.75) is 43.0 Å². The van der Waals surface area contributed by atoms with E-state index in [-0.39, 0.29) is 16.7 Å². The van der Waals surface area contributed by atoms with Crippen LogP contribution in [-0.2, 0) is 17.6 Å². The molecule has 0 aliphatic heterocycles. The van der Waals surface area contributed by atoms with Gasteiger partial charge in [0.1, 0.15) is 4.83 Å². The molecule has 0 saturated heterocycles. The zero-order valence-corrected chi connectivity index (χ0v) is 14.6. The van der Waals surface area contributed by atoms with Crippen molar-refractivity contribution in [3.63, 3.8) is 0 Å². The van der Waals surface area contributed by atoms with Crippen LogP contribution in [0.5, 0.6) is 0 Å². The second-order valence-electron chi connectivity index (χ2n) is 5.75. The van der Waals surface area contributed by atoms with Gasteiger partial charge in [-0.05, 0) is 38.2 Å². The van der Waals surface area contributed by atoms with E-state index >= 15 is 0 Å². The summed E-state index contributed by atoms with van der Waals surface area (Å²) in [7, 11) is 3.46. The van der Waals surface area contributed by atoms with Crippen molar-refractivity contribution in [2.75, 3.05) is 14.1 Å². The fourth-order valence-corrected chi connectivity index (χ4v) is 5.04. The lowest BCUT2D eigenvalue weighted by Gasteiger charge is -2.15. The van der Waals surface area contributed by atoms with Crippen LogP contribution < -0.4 is 5.56 Å².